The van der Waals surface area contributed by atoms with E-state index in [4.69, 9.17) is 0 Å². The minimum absolute atomic E-state index is 0.0819. The Hall–Kier alpha value is -3.47. The molecular weight excluding hydrogens is 530 g/mol. The molecule has 3 amide bonds. The smallest absolute Gasteiger partial charge is 0.326 e. The van der Waals surface area contributed by atoms with Crippen molar-refractivity contribution in [2.75, 3.05) is 6.54 Å². The molecule has 3 atom stereocenters. The van der Waals surface area contributed by atoms with Crippen LogP contribution in [-0.2, 0) is 20.8 Å². The van der Waals surface area contributed by atoms with Gasteiger partial charge in [-0.05, 0) is 30.7 Å². The van der Waals surface area contributed by atoms with Gasteiger partial charge >= 0.3 is 5.97 Å². The summed E-state index contributed by atoms with van der Waals surface area (Å²) in [6, 6.07) is 7.06. The van der Waals surface area contributed by atoms with Crippen LogP contribution in [0.3, 0.4) is 0 Å². The van der Waals surface area contributed by atoms with E-state index in [1.54, 1.807) is 12.1 Å². The Morgan fingerprint density at radius 3 is 2.23 bits per heavy atom. The van der Waals surface area contributed by atoms with E-state index in [1.165, 1.54) is 30.4 Å². The van der Waals surface area contributed by atoms with Crippen LogP contribution >= 0.6 is 11.8 Å². The highest BCUT2D eigenvalue weighted by Gasteiger charge is 2.31. The van der Waals surface area contributed by atoms with Crippen LogP contribution in [0.5, 0.6) is 0 Å². The third-order valence-corrected chi connectivity index (χ3v) is 7.19. The summed E-state index contributed by atoms with van der Waals surface area (Å²) in [5.74, 6) is -2.22. The third kappa shape index (κ3) is 12.1. The monoisotopic (exact) mass is 571 g/mol. The molecule has 1 aromatic heterocycles. The summed E-state index contributed by atoms with van der Waals surface area (Å²) in [4.78, 5) is 58.7. The number of carbonyl (C=O) groups is 4. The summed E-state index contributed by atoms with van der Waals surface area (Å²) in [7, 11) is 0. The van der Waals surface area contributed by atoms with Crippen LogP contribution < -0.4 is 16.0 Å². The van der Waals surface area contributed by atoms with E-state index in [0.717, 1.165) is 5.56 Å². The molecule has 0 saturated heterocycles. The number of thioether (sulfide) groups is 1. The van der Waals surface area contributed by atoms with Crippen molar-refractivity contribution < 1.29 is 24.3 Å². The van der Waals surface area contributed by atoms with Crippen molar-refractivity contribution in [3.8, 4) is 0 Å². The number of benzene rings is 1. The normalized spacial score (nSPS) is 13.7. The van der Waals surface area contributed by atoms with Crippen molar-refractivity contribution in [2.45, 2.75) is 82.4 Å². The Bertz CT molecular complexity index is 1110. The highest BCUT2D eigenvalue weighted by atomic mass is 32.2. The average molecular weight is 572 g/mol. The second-order valence-electron chi connectivity index (χ2n) is 11.0. The van der Waals surface area contributed by atoms with Crippen LogP contribution in [0, 0.1) is 5.92 Å². The molecule has 1 heterocycles. The van der Waals surface area contributed by atoms with E-state index >= 15 is 0 Å². The van der Waals surface area contributed by atoms with Crippen molar-refractivity contribution >= 4 is 35.5 Å². The molecule has 218 valence electrons. The molecule has 2 aromatic rings. The number of rotatable bonds is 15. The maximum absolute atomic E-state index is 13.4. The first-order valence-electron chi connectivity index (χ1n) is 13.4. The second-order valence-corrected chi connectivity index (χ2v) is 13.0. The number of nitrogens with zero attached hydrogens (tertiary/aromatic N) is 2. The average Bonchev–Trinajstić information content (AvgIpc) is 2.89. The lowest BCUT2D eigenvalue weighted by atomic mass is 10.0. The summed E-state index contributed by atoms with van der Waals surface area (Å²) >= 11 is 1.49. The van der Waals surface area contributed by atoms with Crippen molar-refractivity contribution in [1.82, 2.24) is 25.9 Å². The summed E-state index contributed by atoms with van der Waals surface area (Å²) < 4.78 is -0.231. The fourth-order valence-corrected chi connectivity index (χ4v) is 5.27. The lowest BCUT2D eigenvalue weighted by Gasteiger charge is -2.28. The quantitative estimate of drug-likeness (QED) is 0.238. The Kier molecular flexibility index (Phi) is 13.1. The fourth-order valence-electron chi connectivity index (χ4n) is 3.96. The lowest BCUT2D eigenvalue weighted by molar-refractivity contribution is -0.142. The van der Waals surface area contributed by atoms with Crippen molar-refractivity contribution in [1.29, 1.82) is 0 Å². The summed E-state index contributed by atoms with van der Waals surface area (Å²) in [5.41, 5.74) is 1.00. The minimum Gasteiger partial charge on any atom is -0.480 e. The van der Waals surface area contributed by atoms with Crippen molar-refractivity contribution in [3.63, 3.8) is 0 Å². The number of carboxylic acid groups (broad SMARTS) is 1. The first-order chi connectivity index (χ1) is 18.9. The van der Waals surface area contributed by atoms with Gasteiger partial charge in [-0.2, -0.15) is 0 Å². The number of carbonyl (C=O) groups excluding carboxylic acids is 3. The molecule has 0 fully saturated rings. The molecule has 2 unspecified atom stereocenters. The molecule has 10 nitrogen and oxygen atoms in total. The maximum Gasteiger partial charge on any atom is 0.326 e. The van der Waals surface area contributed by atoms with E-state index in [9.17, 15) is 24.3 Å². The molecule has 0 aliphatic rings. The van der Waals surface area contributed by atoms with Gasteiger partial charge in [-0.15, -0.1) is 11.8 Å². The molecular formula is C29H41N5O5S. The van der Waals surface area contributed by atoms with Gasteiger partial charge in [-0.3, -0.25) is 19.4 Å². The lowest BCUT2D eigenvalue weighted by Crippen LogP contribution is -2.54. The Balaban J connectivity index is 2.05. The van der Waals surface area contributed by atoms with Crippen LogP contribution in [0.2, 0.25) is 0 Å². The molecule has 0 spiro atoms. The van der Waals surface area contributed by atoms with Gasteiger partial charge in [0.1, 0.15) is 17.8 Å². The number of hydrogen-bond acceptors (Lipinski definition) is 7. The highest BCUT2D eigenvalue weighted by Crippen LogP contribution is 2.31. The van der Waals surface area contributed by atoms with Crippen LogP contribution in [-0.4, -0.2) is 67.4 Å². The van der Waals surface area contributed by atoms with E-state index < -0.39 is 29.2 Å². The van der Waals surface area contributed by atoms with Gasteiger partial charge in [0.25, 0.3) is 5.91 Å². The summed E-state index contributed by atoms with van der Waals surface area (Å²) in [6.07, 6.45) is 5.81. The predicted octanol–water partition coefficient (Wildman–Crippen LogP) is 3.23. The number of aliphatic carboxylic acids is 1. The van der Waals surface area contributed by atoms with Crippen molar-refractivity contribution in [2.24, 2.45) is 5.92 Å². The third-order valence-electron chi connectivity index (χ3n) is 5.75. The minimum atomic E-state index is -1.14. The first kappa shape index (κ1) is 32.7. The molecule has 1 aromatic carbocycles. The standard InChI is InChI=1S/C29H41N5O5S/c1-19(2)16-21(26(36)34-22(28(38)39)17-20-10-7-6-8-11-20)33-27(37)24(40-29(3,4)5)12-9-13-32-25(35)23-18-30-14-15-31-23/h6-8,10-11,14-15,18-19,21-22,24H,9,12-13,16-17H2,1-5H3,(H,32,35)(H,33,37)(H,34,36)(H,38,39)/t21?,22-,24?/m0/s1. The SMILES string of the molecule is CC(C)CC(NC(=O)C(CCCNC(=O)c1cnccn1)SC(C)(C)C)C(=O)N[C@@H](Cc1ccccc1)C(=O)O. The van der Waals surface area contributed by atoms with Gasteiger partial charge in [-0.25, -0.2) is 9.78 Å². The predicted molar refractivity (Wildman–Crippen MR) is 156 cm³/mol. The van der Waals surface area contributed by atoms with Crippen LogP contribution in [0.1, 0.15) is 69.9 Å². The molecule has 0 saturated carbocycles. The molecule has 4 N–H and O–H groups in total. The van der Waals surface area contributed by atoms with Crippen LogP contribution in [0.25, 0.3) is 0 Å². The zero-order chi connectivity index (χ0) is 29.7. The molecule has 0 aliphatic heterocycles. The number of aromatic nitrogens is 2. The zero-order valence-corrected chi connectivity index (χ0v) is 24.7. The van der Waals surface area contributed by atoms with Crippen molar-refractivity contribution in [3.05, 3.63) is 60.2 Å². The first-order valence-corrected chi connectivity index (χ1v) is 14.3. The Labute approximate surface area is 240 Å². The van der Waals surface area contributed by atoms with Gasteiger partial charge < -0.3 is 21.1 Å². The topological polar surface area (TPSA) is 150 Å². The molecule has 40 heavy (non-hydrogen) atoms. The van der Waals surface area contributed by atoms with E-state index in [0.29, 0.717) is 25.8 Å². The van der Waals surface area contributed by atoms with Gasteiger partial charge in [0.2, 0.25) is 11.8 Å². The Morgan fingerprint density at radius 1 is 0.975 bits per heavy atom. The summed E-state index contributed by atoms with van der Waals surface area (Å²) in [5, 5.41) is 17.6. The van der Waals surface area contributed by atoms with Crippen LogP contribution in [0.4, 0.5) is 0 Å². The molecule has 2 rings (SSSR count). The van der Waals surface area contributed by atoms with Gasteiger partial charge in [0.05, 0.1) is 11.4 Å². The summed E-state index contributed by atoms with van der Waals surface area (Å²) in [6.45, 7) is 10.2. The highest BCUT2D eigenvalue weighted by molar-refractivity contribution is 8.01. The second kappa shape index (κ2) is 16.0. The zero-order valence-electron chi connectivity index (χ0n) is 23.8. The number of amides is 3. The Morgan fingerprint density at radius 2 is 1.65 bits per heavy atom. The van der Waals surface area contributed by atoms with Gasteiger partial charge in [0, 0.05) is 30.1 Å². The fraction of sp³-hybridized carbons (Fsp3) is 0.517. The van der Waals surface area contributed by atoms with Gasteiger partial charge in [0.15, 0.2) is 0 Å². The number of hydrogen-bond donors (Lipinski definition) is 4. The maximum atomic E-state index is 13.4. The largest absolute Gasteiger partial charge is 0.480 e. The molecule has 0 aliphatic carbocycles. The van der Waals surface area contributed by atoms with E-state index in [-0.39, 0.29) is 34.6 Å². The number of nitrogens with one attached hydrogen (secondary N) is 3. The molecule has 0 radical (unpaired) electrons. The molecule has 0 bridgehead atoms. The molecule has 11 heteroatoms. The van der Waals surface area contributed by atoms with Gasteiger partial charge in [-0.1, -0.05) is 65.0 Å². The van der Waals surface area contributed by atoms with E-state index in [2.05, 4.69) is 25.9 Å². The van der Waals surface area contributed by atoms with E-state index in [1.807, 2.05) is 52.8 Å². The van der Waals surface area contributed by atoms with Crippen LogP contribution in [0.15, 0.2) is 48.9 Å². The number of carboxylic acids is 1.